The predicted molar refractivity (Wildman–Crippen MR) is 127 cm³/mol. The maximum Gasteiger partial charge on any atom is 0.240 e. The molecule has 0 fully saturated rings. The van der Waals surface area contributed by atoms with Crippen molar-refractivity contribution in [2.45, 2.75) is 11.4 Å². The third-order valence-electron chi connectivity index (χ3n) is 5.21. The largest absolute Gasteiger partial charge is 0.383 e. The number of nitrogen functional groups attached to an aromatic ring is 1. The van der Waals surface area contributed by atoms with Gasteiger partial charge in [-0.15, -0.1) is 0 Å². The minimum absolute atomic E-state index is 0.169. The lowest BCUT2D eigenvalue weighted by Gasteiger charge is -2.11. The topological polar surface area (TPSA) is 116 Å². The van der Waals surface area contributed by atoms with E-state index in [1.54, 1.807) is 42.7 Å². The van der Waals surface area contributed by atoms with Crippen LogP contribution in [0.2, 0.25) is 0 Å². The number of aromatic nitrogens is 4. The second-order valence-corrected chi connectivity index (χ2v) is 9.12. The first-order valence-corrected chi connectivity index (χ1v) is 11.7. The summed E-state index contributed by atoms with van der Waals surface area (Å²) in [5.74, 6) is 1.01. The lowest BCUT2D eigenvalue weighted by Crippen LogP contribution is -2.23. The van der Waals surface area contributed by atoms with E-state index in [2.05, 4.69) is 14.7 Å². The highest BCUT2D eigenvalue weighted by atomic mass is 32.2. The monoisotopic (exact) mass is 456 g/mol. The van der Waals surface area contributed by atoms with Gasteiger partial charge in [0.1, 0.15) is 11.3 Å². The molecule has 0 amide bonds. The summed E-state index contributed by atoms with van der Waals surface area (Å²) < 4.78 is 29.5. The van der Waals surface area contributed by atoms with Crippen LogP contribution in [0.5, 0.6) is 0 Å². The minimum atomic E-state index is -3.58. The highest BCUT2D eigenvalue weighted by Crippen LogP contribution is 2.30. The van der Waals surface area contributed by atoms with Gasteiger partial charge in [-0.25, -0.2) is 28.1 Å². The minimum Gasteiger partial charge on any atom is -0.383 e. The molecule has 0 saturated carbocycles. The summed E-state index contributed by atoms with van der Waals surface area (Å²) in [4.78, 5) is 13.7. The first kappa shape index (κ1) is 20.8. The van der Waals surface area contributed by atoms with E-state index in [0.717, 1.165) is 16.8 Å². The van der Waals surface area contributed by atoms with Crippen molar-refractivity contribution < 1.29 is 8.42 Å². The van der Waals surface area contributed by atoms with Crippen LogP contribution in [0.3, 0.4) is 0 Å². The molecule has 3 N–H and O–H groups in total. The Morgan fingerprint density at radius 1 is 0.848 bits per heavy atom. The van der Waals surface area contributed by atoms with E-state index in [1.807, 2.05) is 53.1 Å². The van der Waals surface area contributed by atoms with Gasteiger partial charge in [-0.3, -0.25) is 4.57 Å². The Balaban J connectivity index is 1.48. The molecule has 0 unspecified atom stereocenters. The molecule has 33 heavy (non-hydrogen) atoms. The van der Waals surface area contributed by atoms with Crippen molar-refractivity contribution in [1.29, 1.82) is 0 Å². The number of hydrogen-bond donors (Lipinski definition) is 2. The summed E-state index contributed by atoms with van der Waals surface area (Å²) in [6, 6.07) is 23.2. The summed E-state index contributed by atoms with van der Waals surface area (Å²) in [5.41, 5.74) is 9.89. The molecule has 0 bridgehead atoms. The van der Waals surface area contributed by atoms with Crippen LogP contribution >= 0.6 is 0 Å². The van der Waals surface area contributed by atoms with Gasteiger partial charge in [0.05, 0.1) is 10.5 Å². The van der Waals surface area contributed by atoms with Gasteiger partial charge in [0.25, 0.3) is 0 Å². The molecule has 5 aromatic rings. The summed E-state index contributed by atoms with van der Waals surface area (Å²) in [7, 11) is -3.58. The molecule has 0 atom stereocenters. The summed E-state index contributed by atoms with van der Waals surface area (Å²) in [6.07, 6.45) is 3.35. The van der Waals surface area contributed by atoms with Crippen molar-refractivity contribution in [2.75, 3.05) is 5.73 Å². The highest BCUT2D eigenvalue weighted by molar-refractivity contribution is 7.89. The van der Waals surface area contributed by atoms with E-state index >= 15 is 0 Å². The third kappa shape index (κ3) is 4.07. The average Bonchev–Trinajstić information content (AvgIpc) is 3.23. The van der Waals surface area contributed by atoms with Crippen molar-refractivity contribution >= 4 is 27.0 Å². The van der Waals surface area contributed by atoms with Crippen LogP contribution in [-0.4, -0.2) is 27.9 Å². The quantitative estimate of drug-likeness (QED) is 0.404. The summed E-state index contributed by atoms with van der Waals surface area (Å²) in [5, 5.41) is 0. The lowest BCUT2D eigenvalue weighted by molar-refractivity contribution is 0.581. The van der Waals surface area contributed by atoms with Gasteiger partial charge >= 0.3 is 0 Å². The number of rotatable bonds is 6. The van der Waals surface area contributed by atoms with Crippen LogP contribution in [-0.2, 0) is 16.6 Å². The fourth-order valence-electron chi connectivity index (χ4n) is 3.57. The number of hydrogen-bond acceptors (Lipinski definition) is 6. The standard InChI is InChI=1S/C24H20N6O2S/c25-22-20(8-4-14-26-22)23-29-21-9-5-15-27-24(21)30(23)18-12-10-17(11-13-18)16-28-33(31,32)19-6-2-1-3-7-19/h1-15,28H,16H2,(H2,25,26). The van der Waals surface area contributed by atoms with Crippen molar-refractivity contribution in [2.24, 2.45) is 0 Å². The van der Waals surface area contributed by atoms with E-state index in [4.69, 9.17) is 10.7 Å². The van der Waals surface area contributed by atoms with Crippen molar-refractivity contribution in [3.05, 3.63) is 96.8 Å². The number of pyridine rings is 2. The van der Waals surface area contributed by atoms with Crippen molar-refractivity contribution in [1.82, 2.24) is 24.2 Å². The summed E-state index contributed by atoms with van der Waals surface area (Å²) in [6.45, 7) is 0.169. The normalized spacial score (nSPS) is 11.6. The van der Waals surface area contributed by atoms with E-state index in [1.165, 1.54) is 0 Å². The van der Waals surface area contributed by atoms with Crippen molar-refractivity contribution in [3.8, 4) is 17.1 Å². The smallest absolute Gasteiger partial charge is 0.240 e. The number of imidazole rings is 1. The number of fused-ring (bicyclic) bond motifs is 1. The zero-order chi connectivity index (χ0) is 22.8. The molecule has 8 nitrogen and oxygen atoms in total. The Kier molecular flexibility index (Phi) is 5.33. The van der Waals surface area contributed by atoms with Gasteiger partial charge in [0.15, 0.2) is 11.5 Å². The Morgan fingerprint density at radius 3 is 2.33 bits per heavy atom. The third-order valence-corrected chi connectivity index (χ3v) is 6.63. The van der Waals surface area contributed by atoms with E-state index in [9.17, 15) is 8.42 Å². The number of benzene rings is 2. The Labute approximate surface area is 190 Å². The molecular weight excluding hydrogens is 436 g/mol. The van der Waals surface area contributed by atoms with Gasteiger partial charge < -0.3 is 5.73 Å². The first-order chi connectivity index (χ1) is 16.0. The SMILES string of the molecule is Nc1ncccc1-c1nc2cccnc2n1-c1ccc(CNS(=O)(=O)c2ccccc2)cc1. The molecule has 3 heterocycles. The van der Waals surface area contributed by atoms with Crippen LogP contribution < -0.4 is 10.5 Å². The number of nitrogens with two attached hydrogens (primary N) is 1. The molecule has 5 rings (SSSR count). The maximum absolute atomic E-state index is 12.5. The van der Waals surface area contributed by atoms with Gasteiger partial charge in [-0.1, -0.05) is 30.3 Å². The molecule has 9 heteroatoms. The zero-order valence-corrected chi connectivity index (χ0v) is 18.3. The zero-order valence-electron chi connectivity index (χ0n) is 17.5. The van der Waals surface area contributed by atoms with Crippen LogP contribution in [0.1, 0.15) is 5.56 Å². The molecule has 3 aromatic heterocycles. The van der Waals surface area contributed by atoms with Crippen LogP contribution in [0, 0.1) is 0 Å². The van der Waals surface area contributed by atoms with Crippen molar-refractivity contribution in [3.63, 3.8) is 0 Å². The van der Waals surface area contributed by atoms with E-state index in [0.29, 0.717) is 22.9 Å². The van der Waals surface area contributed by atoms with Gasteiger partial charge in [-0.05, 0) is 54.1 Å². The number of anilines is 1. The molecule has 2 aromatic carbocycles. The molecule has 164 valence electrons. The molecule has 0 radical (unpaired) electrons. The Morgan fingerprint density at radius 2 is 1.58 bits per heavy atom. The van der Waals surface area contributed by atoms with Crippen LogP contribution in [0.25, 0.3) is 28.2 Å². The fraction of sp³-hybridized carbons (Fsp3) is 0.0417. The maximum atomic E-state index is 12.5. The highest BCUT2D eigenvalue weighted by Gasteiger charge is 2.18. The van der Waals surface area contributed by atoms with Crippen LogP contribution in [0.4, 0.5) is 5.82 Å². The lowest BCUT2D eigenvalue weighted by atomic mass is 10.2. The van der Waals surface area contributed by atoms with Crippen LogP contribution in [0.15, 0.2) is 96.2 Å². The van der Waals surface area contributed by atoms with Gasteiger partial charge in [0.2, 0.25) is 10.0 Å². The molecule has 0 spiro atoms. The summed E-state index contributed by atoms with van der Waals surface area (Å²) >= 11 is 0. The molecule has 0 aliphatic heterocycles. The molecule has 0 aliphatic rings. The number of nitrogens with zero attached hydrogens (tertiary/aromatic N) is 4. The second kappa shape index (κ2) is 8.45. The Bertz CT molecular complexity index is 1530. The average molecular weight is 457 g/mol. The number of nitrogens with one attached hydrogen (secondary N) is 1. The van der Waals surface area contributed by atoms with Gasteiger partial charge in [0, 0.05) is 24.6 Å². The molecule has 0 saturated heterocycles. The predicted octanol–water partition coefficient (Wildman–Crippen LogP) is 3.54. The first-order valence-electron chi connectivity index (χ1n) is 10.2. The van der Waals surface area contributed by atoms with E-state index < -0.39 is 10.0 Å². The Hall–Kier alpha value is -4.08. The second-order valence-electron chi connectivity index (χ2n) is 7.36. The fourth-order valence-corrected chi connectivity index (χ4v) is 4.61. The van der Waals surface area contributed by atoms with E-state index in [-0.39, 0.29) is 11.4 Å². The molecular formula is C24H20N6O2S. The molecule has 0 aliphatic carbocycles. The number of sulfonamides is 1. The van der Waals surface area contributed by atoms with Gasteiger partial charge in [-0.2, -0.15) is 0 Å².